The van der Waals surface area contributed by atoms with Crippen molar-refractivity contribution >= 4 is 0 Å². The lowest BCUT2D eigenvalue weighted by Crippen LogP contribution is -2.33. The van der Waals surface area contributed by atoms with Gasteiger partial charge in [0.2, 0.25) is 0 Å². The molecule has 0 aliphatic carbocycles. The van der Waals surface area contributed by atoms with Gasteiger partial charge in [-0.15, -0.1) is 0 Å². The first-order valence-corrected chi connectivity index (χ1v) is 7.34. The molecule has 0 aliphatic heterocycles. The Balaban J connectivity index is 2.47. The summed E-state index contributed by atoms with van der Waals surface area (Å²) in [4.78, 5) is 0. The summed E-state index contributed by atoms with van der Waals surface area (Å²) < 4.78 is 0. The molecule has 1 aromatic carbocycles. The lowest BCUT2D eigenvalue weighted by atomic mass is 9.95. The molecule has 0 aliphatic rings. The molecule has 1 unspecified atom stereocenters. The standard InChI is InChI=1S/C17H29N/c1-6-18-17(13(2)3)9-7-8-16-12-14(4)10-11-15(16)5/h10-13,17-18H,6-9H2,1-5H3. The van der Waals surface area contributed by atoms with E-state index in [1.165, 1.54) is 36.0 Å². The van der Waals surface area contributed by atoms with Gasteiger partial charge in [0.15, 0.2) is 0 Å². The fraction of sp³-hybridized carbons (Fsp3) is 0.647. The fourth-order valence-electron chi connectivity index (χ4n) is 2.52. The molecule has 1 heteroatoms. The number of aryl methyl sites for hydroxylation is 3. The summed E-state index contributed by atoms with van der Waals surface area (Å²) in [5.74, 6) is 0.726. The number of hydrogen-bond donors (Lipinski definition) is 1. The molecule has 1 rings (SSSR count). The zero-order valence-corrected chi connectivity index (χ0v) is 12.7. The average Bonchev–Trinajstić information content (AvgIpc) is 2.32. The van der Waals surface area contributed by atoms with E-state index in [2.05, 4.69) is 58.1 Å². The van der Waals surface area contributed by atoms with Crippen LogP contribution in [0.25, 0.3) is 0 Å². The van der Waals surface area contributed by atoms with Gasteiger partial charge in [-0.2, -0.15) is 0 Å². The van der Waals surface area contributed by atoms with E-state index >= 15 is 0 Å². The van der Waals surface area contributed by atoms with Crippen molar-refractivity contribution in [3.63, 3.8) is 0 Å². The average molecular weight is 247 g/mol. The molecular weight excluding hydrogens is 218 g/mol. The molecule has 0 aromatic heterocycles. The Morgan fingerprint density at radius 2 is 1.89 bits per heavy atom. The molecule has 0 saturated carbocycles. The Kier molecular flexibility index (Phi) is 6.42. The first-order valence-electron chi connectivity index (χ1n) is 7.34. The van der Waals surface area contributed by atoms with Crippen molar-refractivity contribution in [2.24, 2.45) is 5.92 Å². The Morgan fingerprint density at radius 3 is 2.50 bits per heavy atom. The van der Waals surface area contributed by atoms with Crippen molar-refractivity contribution < 1.29 is 0 Å². The van der Waals surface area contributed by atoms with E-state index < -0.39 is 0 Å². The molecule has 0 fully saturated rings. The Labute approximate surface area is 113 Å². The van der Waals surface area contributed by atoms with Gasteiger partial charge in [0, 0.05) is 6.04 Å². The maximum Gasteiger partial charge on any atom is 0.00900 e. The van der Waals surface area contributed by atoms with Gasteiger partial charge in [-0.3, -0.25) is 0 Å². The van der Waals surface area contributed by atoms with Crippen LogP contribution in [0.15, 0.2) is 18.2 Å². The van der Waals surface area contributed by atoms with E-state index in [0.29, 0.717) is 6.04 Å². The zero-order chi connectivity index (χ0) is 13.5. The molecule has 0 radical (unpaired) electrons. The van der Waals surface area contributed by atoms with Crippen LogP contribution in [-0.4, -0.2) is 12.6 Å². The maximum absolute atomic E-state index is 3.59. The second-order valence-electron chi connectivity index (χ2n) is 5.73. The molecule has 0 heterocycles. The Hall–Kier alpha value is -0.820. The van der Waals surface area contributed by atoms with E-state index in [9.17, 15) is 0 Å². The number of rotatable bonds is 7. The summed E-state index contributed by atoms with van der Waals surface area (Å²) in [7, 11) is 0. The van der Waals surface area contributed by atoms with Crippen LogP contribution in [0.5, 0.6) is 0 Å². The second-order valence-corrected chi connectivity index (χ2v) is 5.73. The summed E-state index contributed by atoms with van der Waals surface area (Å²) in [5.41, 5.74) is 4.34. The highest BCUT2D eigenvalue weighted by Crippen LogP contribution is 2.16. The number of hydrogen-bond acceptors (Lipinski definition) is 1. The topological polar surface area (TPSA) is 12.0 Å². The van der Waals surface area contributed by atoms with Crippen molar-refractivity contribution in [1.29, 1.82) is 0 Å². The van der Waals surface area contributed by atoms with E-state index in [1.807, 2.05) is 0 Å². The summed E-state index contributed by atoms with van der Waals surface area (Å²) >= 11 is 0. The van der Waals surface area contributed by atoms with Gasteiger partial charge in [-0.25, -0.2) is 0 Å². The van der Waals surface area contributed by atoms with Crippen LogP contribution in [0.2, 0.25) is 0 Å². The molecule has 1 nitrogen and oxygen atoms in total. The molecule has 1 N–H and O–H groups in total. The highest BCUT2D eigenvalue weighted by Gasteiger charge is 2.11. The predicted molar refractivity (Wildman–Crippen MR) is 81.2 cm³/mol. The molecule has 0 amide bonds. The van der Waals surface area contributed by atoms with Gasteiger partial charge in [-0.1, -0.05) is 44.5 Å². The zero-order valence-electron chi connectivity index (χ0n) is 12.7. The first kappa shape index (κ1) is 15.2. The molecule has 102 valence electrons. The molecule has 1 aromatic rings. The highest BCUT2D eigenvalue weighted by molar-refractivity contribution is 5.30. The largest absolute Gasteiger partial charge is 0.314 e. The molecule has 0 saturated heterocycles. The van der Waals surface area contributed by atoms with Crippen molar-refractivity contribution in [3.05, 3.63) is 34.9 Å². The third-order valence-electron chi connectivity index (χ3n) is 3.74. The minimum Gasteiger partial charge on any atom is -0.314 e. The van der Waals surface area contributed by atoms with Crippen LogP contribution in [0.3, 0.4) is 0 Å². The lowest BCUT2D eigenvalue weighted by Gasteiger charge is -2.21. The summed E-state index contributed by atoms with van der Waals surface area (Å²) in [6.45, 7) is 12.3. The second kappa shape index (κ2) is 7.58. The van der Waals surface area contributed by atoms with E-state index in [1.54, 1.807) is 0 Å². The predicted octanol–water partition coefficient (Wildman–Crippen LogP) is 4.26. The Bertz CT molecular complexity index is 355. The van der Waals surface area contributed by atoms with Crippen molar-refractivity contribution in [1.82, 2.24) is 5.32 Å². The van der Waals surface area contributed by atoms with Gasteiger partial charge in [0.05, 0.1) is 0 Å². The van der Waals surface area contributed by atoms with Gasteiger partial charge < -0.3 is 5.32 Å². The third kappa shape index (κ3) is 4.81. The quantitative estimate of drug-likeness (QED) is 0.759. The summed E-state index contributed by atoms with van der Waals surface area (Å²) in [6.07, 6.45) is 3.77. The molecule has 0 spiro atoms. The molecule has 1 atom stereocenters. The van der Waals surface area contributed by atoms with Gasteiger partial charge in [-0.05, 0) is 56.7 Å². The van der Waals surface area contributed by atoms with E-state index in [4.69, 9.17) is 0 Å². The van der Waals surface area contributed by atoms with E-state index in [-0.39, 0.29) is 0 Å². The van der Waals surface area contributed by atoms with Crippen LogP contribution in [0.1, 0.15) is 50.3 Å². The summed E-state index contributed by atoms with van der Waals surface area (Å²) in [5, 5.41) is 3.59. The highest BCUT2D eigenvalue weighted by atomic mass is 14.9. The number of nitrogens with one attached hydrogen (secondary N) is 1. The van der Waals surface area contributed by atoms with Crippen LogP contribution < -0.4 is 5.32 Å². The van der Waals surface area contributed by atoms with Crippen LogP contribution >= 0.6 is 0 Å². The van der Waals surface area contributed by atoms with Gasteiger partial charge >= 0.3 is 0 Å². The maximum atomic E-state index is 3.59. The summed E-state index contributed by atoms with van der Waals surface area (Å²) in [6, 6.07) is 7.45. The molecular formula is C17H29N. The normalized spacial score (nSPS) is 13.0. The van der Waals surface area contributed by atoms with Crippen LogP contribution in [0.4, 0.5) is 0 Å². The Morgan fingerprint density at radius 1 is 1.17 bits per heavy atom. The van der Waals surface area contributed by atoms with Crippen LogP contribution in [0, 0.1) is 19.8 Å². The van der Waals surface area contributed by atoms with Gasteiger partial charge in [0.1, 0.15) is 0 Å². The smallest absolute Gasteiger partial charge is 0.00900 e. The number of benzene rings is 1. The SMILES string of the molecule is CCNC(CCCc1cc(C)ccc1C)C(C)C. The van der Waals surface area contributed by atoms with Gasteiger partial charge in [0.25, 0.3) is 0 Å². The van der Waals surface area contributed by atoms with Crippen molar-refractivity contribution in [2.75, 3.05) is 6.54 Å². The first-order chi connectivity index (χ1) is 8.54. The molecule has 18 heavy (non-hydrogen) atoms. The van der Waals surface area contributed by atoms with Crippen molar-refractivity contribution in [2.45, 2.75) is 59.9 Å². The monoisotopic (exact) mass is 247 g/mol. The lowest BCUT2D eigenvalue weighted by molar-refractivity contribution is 0.377. The van der Waals surface area contributed by atoms with E-state index in [0.717, 1.165) is 12.5 Å². The third-order valence-corrected chi connectivity index (χ3v) is 3.74. The minimum absolute atomic E-state index is 0.667. The van der Waals surface area contributed by atoms with Crippen LogP contribution in [-0.2, 0) is 6.42 Å². The minimum atomic E-state index is 0.667. The molecule has 0 bridgehead atoms. The van der Waals surface area contributed by atoms with Crippen molar-refractivity contribution in [3.8, 4) is 0 Å². The fourth-order valence-corrected chi connectivity index (χ4v) is 2.52.